The molecule has 4 fully saturated rings. The monoisotopic (exact) mass is 360 g/mol. The molecule has 0 saturated heterocycles. The fraction of sp³-hybridized carbons (Fsp3) is 0.667. The summed E-state index contributed by atoms with van der Waals surface area (Å²) < 4.78 is 27.0. The third-order valence-corrected chi connectivity index (χ3v) is 7.97. The van der Waals surface area contributed by atoms with Crippen LogP contribution in [0.5, 0.6) is 0 Å². The summed E-state index contributed by atoms with van der Waals surface area (Å²) in [5.74, 6) is 3.90. The van der Waals surface area contributed by atoms with Crippen molar-refractivity contribution in [2.45, 2.75) is 55.9 Å². The number of rotatable bonds is 5. The molecule has 4 unspecified atom stereocenters. The summed E-state index contributed by atoms with van der Waals surface area (Å²) in [4.78, 5) is 4.44. The molecule has 4 aliphatic carbocycles. The quantitative estimate of drug-likeness (QED) is 0.791. The minimum Gasteiger partial charge on any atom is -0.261 e. The summed E-state index contributed by atoms with van der Waals surface area (Å²) in [5, 5.41) is 4.63. The lowest BCUT2D eigenvalue weighted by Gasteiger charge is -2.25. The molecule has 1 aromatic heterocycles. The zero-order valence-electron chi connectivity index (χ0n) is 14.2. The van der Waals surface area contributed by atoms with Crippen LogP contribution in [0.25, 0.3) is 0 Å². The Hall–Kier alpha value is -1.47. The smallest absolute Gasteiger partial charge is 0.242 e. The van der Waals surface area contributed by atoms with Gasteiger partial charge in [0, 0.05) is 23.9 Å². The van der Waals surface area contributed by atoms with Crippen molar-refractivity contribution in [3.63, 3.8) is 0 Å². The van der Waals surface area contributed by atoms with Crippen molar-refractivity contribution in [2.24, 2.45) is 28.8 Å². The molecule has 0 amide bonds. The molecule has 6 nitrogen and oxygen atoms in total. The number of hydrogen-bond donors (Lipinski definition) is 2. The molecule has 0 aromatic carbocycles. The van der Waals surface area contributed by atoms with Crippen molar-refractivity contribution in [2.75, 3.05) is 5.43 Å². The standard InChI is InChI=1S/C18H24N4O2S/c23-25(24,22-12-4-5-12)13-6-7-18(19-10-13)21-20-17-9-11-8-16(17)15-3-1-2-14(11)15/h6-7,10-12,14-16,22H,1-5,8-9H2,(H,19,21)/b20-17+. The van der Waals surface area contributed by atoms with Gasteiger partial charge in [-0.2, -0.15) is 5.10 Å². The zero-order valence-corrected chi connectivity index (χ0v) is 15.0. The van der Waals surface area contributed by atoms with Crippen molar-refractivity contribution in [1.29, 1.82) is 0 Å². The summed E-state index contributed by atoms with van der Waals surface area (Å²) in [6.45, 7) is 0. The third-order valence-electron chi connectivity index (χ3n) is 6.46. The average Bonchev–Trinajstić information content (AvgIpc) is 3.02. The first-order chi connectivity index (χ1) is 12.1. The topological polar surface area (TPSA) is 83.5 Å². The largest absolute Gasteiger partial charge is 0.261 e. The van der Waals surface area contributed by atoms with Gasteiger partial charge in [0.2, 0.25) is 10.0 Å². The maximum atomic E-state index is 12.2. The van der Waals surface area contributed by atoms with Gasteiger partial charge < -0.3 is 0 Å². The Labute approximate surface area is 148 Å². The third kappa shape index (κ3) is 2.87. The van der Waals surface area contributed by atoms with Crippen molar-refractivity contribution < 1.29 is 8.42 Å². The van der Waals surface area contributed by atoms with Crippen LogP contribution < -0.4 is 10.1 Å². The summed E-state index contributed by atoms with van der Waals surface area (Å²) in [5.41, 5.74) is 4.34. The Morgan fingerprint density at radius 2 is 1.96 bits per heavy atom. The minimum absolute atomic E-state index is 0.103. The van der Waals surface area contributed by atoms with Crippen LogP contribution in [0.3, 0.4) is 0 Å². The highest BCUT2D eigenvalue weighted by Crippen LogP contribution is 2.57. The van der Waals surface area contributed by atoms with Gasteiger partial charge in [0.15, 0.2) is 0 Å². The second-order valence-corrected chi connectivity index (χ2v) is 9.77. The molecule has 0 radical (unpaired) electrons. The van der Waals surface area contributed by atoms with E-state index in [2.05, 4.69) is 20.2 Å². The van der Waals surface area contributed by atoms with E-state index < -0.39 is 10.0 Å². The molecule has 4 aliphatic rings. The van der Waals surface area contributed by atoms with Crippen molar-refractivity contribution in [3.8, 4) is 0 Å². The Morgan fingerprint density at radius 3 is 2.72 bits per heavy atom. The van der Waals surface area contributed by atoms with E-state index in [9.17, 15) is 8.42 Å². The normalized spacial score (nSPS) is 35.3. The van der Waals surface area contributed by atoms with Crippen molar-refractivity contribution in [3.05, 3.63) is 18.3 Å². The van der Waals surface area contributed by atoms with Gasteiger partial charge >= 0.3 is 0 Å². The van der Waals surface area contributed by atoms with Crippen LogP contribution in [-0.4, -0.2) is 25.2 Å². The van der Waals surface area contributed by atoms with Crippen LogP contribution in [0.2, 0.25) is 0 Å². The molecule has 4 saturated carbocycles. The SMILES string of the molecule is O=S(=O)(NC1CC1)c1ccc(N/N=C2\CC3CC2C2CCCC32)nc1. The number of fused-ring (bicyclic) bond motifs is 5. The maximum absolute atomic E-state index is 12.2. The second kappa shape index (κ2) is 5.77. The van der Waals surface area contributed by atoms with Crippen LogP contribution in [0.1, 0.15) is 44.9 Å². The number of sulfonamides is 1. The van der Waals surface area contributed by atoms with Crippen molar-refractivity contribution in [1.82, 2.24) is 9.71 Å². The second-order valence-electron chi connectivity index (χ2n) is 8.05. The first kappa shape index (κ1) is 15.8. The lowest BCUT2D eigenvalue weighted by atomic mass is 9.81. The van der Waals surface area contributed by atoms with Crippen LogP contribution in [0, 0.1) is 23.7 Å². The highest BCUT2D eigenvalue weighted by atomic mass is 32.2. The molecule has 134 valence electrons. The Bertz CT molecular complexity index is 801. The van der Waals surface area contributed by atoms with E-state index in [0.717, 1.165) is 37.0 Å². The van der Waals surface area contributed by atoms with Gasteiger partial charge in [0.05, 0.1) is 0 Å². The molecule has 2 N–H and O–H groups in total. The molecule has 4 atom stereocenters. The molecule has 0 aliphatic heterocycles. The van der Waals surface area contributed by atoms with Crippen LogP contribution in [0.15, 0.2) is 28.3 Å². The van der Waals surface area contributed by atoms with Crippen LogP contribution in [-0.2, 0) is 10.0 Å². The number of aromatic nitrogens is 1. The Balaban J connectivity index is 1.26. The van der Waals surface area contributed by atoms with E-state index in [1.165, 1.54) is 37.6 Å². The number of anilines is 1. The summed E-state index contributed by atoms with van der Waals surface area (Å²) in [6, 6.07) is 3.39. The lowest BCUT2D eigenvalue weighted by Crippen LogP contribution is -2.26. The molecular weight excluding hydrogens is 336 g/mol. The van der Waals surface area contributed by atoms with Gasteiger partial charge in [-0.05, 0) is 68.4 Å². The molecule has 2 bridgehead atoms. The number of pyridine rings is 1. The fourth-order valence-corrected chi connectivity index (χ4v) is 6.42. The molecule has 25 heavy (non-hydrogen) atoms. The van der Waals surface area contributed by atoms with Gasteiger partial charge in [0.1, 0.15) is 10.7 Å². The van der Waals surface area contributed by atoms with Gasteiger partial charge in [-0.25, -0.2) is 18.1 Å². The predicted octanol–water partition coefficient (Wildman–Crippen LogP) is 2.75. The molecule has 1 heterocycles. The summed E-state index contributed by atoms with van der Waals surface area (Å²) >= 11 is 0. The van der Waals surface area contributed by atoms with E-state index in [4.69, 9.17) is 0 Å². The maximum Gasteiger partial charge on any atom is 0.242 e. The summed E-state index contributed by atoms with van der Waals surface area (Å²) in [7, 11) is -3.44. The highest BCUT2D eigenvalue weighted by molar-refractivity contribution is 7.89. The van der Waals surface area contributed by atoms with Gasteiger partial charge in [0.25, 0.3) is 0 Å². The van der Waals surface area contributed by atoms with E-state index in [-0.39, 0.29) is 10.9 Å². The lowest BCUT2D eigenvalue weighted by molar-refractivity contribution is 0.333. The number of nitrogens with zero attached hydrogens (tertiary/aromatic N) is 2. The number of hydrogen-bond acceptors (Lipinski definition) is 5. The van der Waals surface area contributed by atoms with E-state index in [1.807, 2.05) is 0 Å². The van der Waals surface area contributed by atoms with Crippen LogP contribution >= 0.6 is 0 Å². The highest BCUT2D eigenvalue weighted by Gasteiger charge is 2.52. The average molecular weight is 360 g/mol. The van der Waals surface area contributed by atoms with E-state index >= 15 is 0 Å². The van der Waals surface area contributed by atoms with Crippen molar-refractivity contribution >= 4 is 21.6 Å². The molecule has 1 aromatic rings. The Kier molecular flexibility index (Phi) is 3.64. The number of nitrogens with one attached hydrogen (secondary N) is 2. The molecule has 5 rings (SSSR count). The Morgan fingerprint density at radius 1 is 1.12 bits per heavy atom. The number of hydrazone groups is 1. The van der Waals surface area contributed by atoms with E-state index in [0.29, 0.717) is 11.7 Å². The summed E-state index contributed by atoms with van der Waals surface area (Å²) in [6.07, 6.45) is 9.85. The zero-order chi connectivity index (χ0) is 17.0. The van der Waals surface area contributed by atoms with E-state index in [1.54, 1.807) is 12.1 Å². The molecular formula is C18H24N4O2S. The minimum atomic E-state index is -3.44. The first-order valence-corrected chi connectivity index (χ1v) is 10.9. The predicted molar refractivity (Wildman–Crippen MR) is 95.7 cm³/mol. The van der Waals surface area contributed by atoms with Gasteiger partial charge in [-0.15, -0.1) is 0 Å². The molecule has 0 spiro atoms. The van der Waals surface area contributed by atoms with Gasteiger partial charge in [-0.3, -0.25) is 5.43 Å². The molecule has 7 heteroatoms. The first-order valence-electron chi connectivity index (χ1n) is 9.41. The van der Waals surface area contributed by atoms with Crippen LogP contribution in [0.4, 0.5) is 5.82 Å². The fourth-order valence-electron chi connectivity index (χ4n) is 5.17. The van der Waals surface area contributed by atoms with Gasteiger partial charge in [-0.1, -0.05) is 6.42 Å².